The second kappa shape index (κ2) is 4.90. The van der Waals surface area contributed by atoms with Crippen molar-refractivity contribution in [3.8, 4) is 11.8 Å². The van der Waals surface area contributed by atoms with Gasteiger partial charge in [-0.15, -0.1) is 0 Å². The van der Waals surface area contributed by atoms with Gasteiger partial charge in [0.2, 0.25) is 0 Å². The van der Waals surface area contributed by atoms with E-state index in [2.05, 4.69) is 9.97 Å². The third-order valence-corrected chi connectivity index (χ3v) is 3.07. The van der Waals surface area contributed by atoms with Crippen molar-refractivity contribution in [2.75, 3.05) is 5.73 Å². The van der Waals surface area contributed by atoms with Crippen molar-refractivity contribution < 1.29 is 9.13 Å². The molecule has 3 rings (SSSR count). The fraction of sp³-hybridized carbons (Fsp3) is 0.0667. The number of halogens is 1. The van der Waals surface area contributed by atoms with Crippen LogP contribution in [0.15, 0.2) is 41.2 Å². The Morgan fingerprint density at radius 2 is 2.10 bits per heavy atom. The van der Waals surface area contributed by atoms with E-state index in [1.165, 1.54) is 12.1 Å². The zero-order valence-corrected chi connectivity index (χ0v) is 11.2. The van der Waals surface area contributed by atoms with E-state index in [1.54, 1.807) is 31.2 Å². The standard InChI is InChI=1S/C15H12FN3O2/c1-8-3-2-4-12(13(8)16)21-15-18-11-6-5-9(17)7-10(11)14(20)19-15/h2-7H,17H2,1H3,(H,18,19,20). The van der Waals surface area contributed by atoms with E-state index in [1.807, 2.05) is 0 Å². The van der Waals surface area contributed by atoms with Crippen LogP contribution in [0.25, 0.3) is 10.9 Å². The number of nitrogen functional groups attached to an aromatic ring is 1. The van der Waals surface area contributed by atoms with Crippen LogP contribution in [0, 0.1) is 12.7 Å². The number of aromatic nitrogens is 2. The molecular formula is C15H12FN3O2. The molecule has 0 spiro atoms. The van der Waals surface area contributed by atoms with Gasteiger partial charge in [0.25, 0.3) is 5.56 Å². The number of aromatic amines is 1. The summed E-state index contributed by atoms with van der Waals surface area (Å²) in [4.78, 5) is 18.6. The number of hydrogen-bond acceptors (Lipinski definition) is 4. The highest BCUT2D eigenvalue weighted by molar-refractivity contribution is 5.81. The van der Waals surface area contributed by atoms with Crippen LogP contribution in [-0.4, -0.2) is 9.97 Å². The van der Waals surface area contributed by atoms with Crippen molar-refractivity contribution >= 4 is 16.6 Å². The molecule has 1 aromatic heterocycles. The molecule has 0 amide bonds. The maximum atomic E-state index is 13.9. The lowest BCUT2D eigenvalue weighted by molar-refractivity contribution is 0.410. The summed E-state index contributed by atoms with van der Waals surface area (Å²) in [6, 6.07) is 9.45. The maximum Gasteiger partial charge on any atom is 0.302 e. The van der Waals surface area contributed by atoms with E-state index in [-0.39, 0.29) is 11.8 Å². The minimum Gasteiger partial charge on any atom is -0.422 e. The number of ether oxygens (including phenoxy) is 1. The van der Waals surface area contributed by atoms with Crippen LogP contribution in [0.1, 0.15) is 5.56 Å². The van der Waals surface area contributed by atoms with Gasteiger partial charge < -0.3 is 10.5 Å². The second-order valence-corrected chi connectivity index (χ2v) is 4.64. The number of nitrogens with two attached hydrogens (primary N) is 1. The van der Waals surface area contributed by atoms with Gasteiger partial charge in [0.05, 0.1) is 10.9 Å². The van der Waals surface area contributed by atoms with Crippen LogP contribution < -0.4 is 16.0 Å². The molecule has 0 atom stereocenters. The van der Waals surface area contributed by atoms with Crippen LogP contribution in [-0.2, 0) is 0 Å². The SMILES string of the molecule is Cc1cccc(Oc2nc3ccc(N)cc3c(=O)[nH]2)c1F. The first-order valence-electron chi connectivity index (χ1n) is 6.27. The molecule has 0 aliphatic heterocycles. The Bertz CT molecular complexity index is 890. The number of rotatable bonds is 2. The maximum absolute atomic E-state index is 13.9. The molecule has 0 fully saturated rings. The molecule has 6 heteroatoms. The Hall–Kier alpha value is -2.89. The summed E-state index contributed by atoms with van der Waals surface area (Å²) in [5.41, 5.74) is 6.58. The molecule has 0 unspecified atom stereocenters. The number of nitrogens with zero attached hydrogens (tertiary/aromatic N) is 1. The molecule has 0 aliphatic carbocycles. The number of fused-ring (bicyclic) bond motifs is 1. The van der Waals surface area contributed by atoms with Gasteiger partial charge in [0.1, 0.15) is 0 Å². The average Bonchev–Trinajstić information content (AvgIpc) is 2.45. The smallest absolute Gasteiger partial charge is 0.302 e. The molecule has 0 bridgehead atoms. The van der Waals surface area contributed by atoms with Crippen molar-refractivity contribution in [3.05, 3.63) is 58.1 Å². The van der Waals surface area contributed by atoms with Gasteiger partial charge in [-0.3, -0.25) is 9.78 Å². The number of H-pyrrole nitrogens is 1. The predicted octanol–water partition coefficient (Wildman–Crippen LogP) is 2.75. The summed E-state index contributed by atoms with van der Waals surface area (Å²) in [5.74, 6) is -0.481. The minimum absolute atomic E-state index is 0.00736. The van der Waals surface area contributed by atoms with Crippen LogP contribution in [0.2, 0.25) is 0 Å². The van der Waals surface area contributed by atoms with E-state index >= 15 is 0 Å². The van der Waals surface area contributed by atoms with E-state index in [0.29, 0.717) is 22.2 Å². The number of benzene rings is 2. The number of aryl methyl sites for hydroxylation is 1. The minimum atomic E-state index is -0.488. The predicted molar refractivity (Wildman–Crippen MR) is 78.0 cm³/mol. The normalized spacial score (nSPS) is 10.8. The van der Waals surface area contributed by atoms with Gasteiger partial charge >= 0.3 is 6.01 Å². The Morgan fingerprint density at radius 1 is 1.29 bits per heavy atom. The van der Waals surface area contributed by atoms with E-state index in [9.17, 15) is 9.18 Å². The van der Waals surface area contributed by atoms with Gasteiger partial charge in [-0.2, -0.15) is 4.98 Å². The number of nitrogens with one attached hydrogen (secondary N) is 1. The third-order valence-electron chi connectivity index (χ3n) is 3.07. The van der Waals surface area contributed by atoms with Gasteiger partial charge in [-0.05, 0) is 36.8 Å². The molecule has 0 saturated carbocycles. The molecule has 0 saturated heterocycles. The number of anilines is 1. The molecule has 3 N–H and O–H groups in total. The zero-order valence-electron chi connectivity index (χ0n) is 11.2. The summed E-state index contributed by atoms with van der Waals surface area (Å²) in [7, 11) is 0. The lowest BCUT2D eigenvalue weighted by Gasteiger charge is -2.07. The summed E-state index contributed by atoms with van der Waals surface area (Å²) >= 11 is 0. The molecule has 0 radical (unpaired) electrons. The summed E-state index contributed by atoms with van der Waals surface area (Å²) in [6.07, 6.45) is 0. The Kier molecular flexibility index (Phi) is 3.06. The lowest BCUT2D eigenvalue weighted by Crippen LogP contribution is -2.10. The highest BCUT2D eigenvalue weighted by Crippen LogP contribution is 2.24. The van der Waals surface area contributed by atoms with Crippen molar-refractivity contribution in [1.29, 1.82) is 0 Å². The molecule has 3 aromatic rings. The summed E-state index contributed by atoms with van der Waals surface area (Å²) in [5, 5.41) is 0.354. The van der Waals surface area contributed by atoms with Crippen molar-refractivity contribution in [1.82, 2.24) is 9.97 Å². The highest BCUT2D eigenvalue weighted by atomic mass is 19.1. The molecule has 1 heterocycles. The summed E-state index contributed by atoms with van der Waals surface area (Å²) < 4.78 is 19.2. The van der Waals surface area contributed by atoms with Crippen LogP contribution in [0.5, 0.6) is 11.8 Å². The monoisotopic (exact) mass is 285 g/mol. The molecule has 5 nitrogen and oxygen atoms in total. The Balaban J connectivity index is 2.08. The quantitative estimate of drug-likeness (QED) is 0.709. The zero-order chi connectivity index (χ0) is 15.0. The first kappa shape index (κ1) is 13.1. The molecular weight excluding hydrogens is 273 g/mol. The molecule has 106 valence electrons. The Morgan fingerprint density at radius 3 is 2.90 bits per heavy atom. The third kappa shape index (κ3) is 2.43. The van der Waals surface area contributed by atoms with E-state index < -0.39 is 11.4 Å². The molecule has 2 aromatic carbocycles. The van der Waals surface area contributed by atoms with Gasteiger partial charge in [0, 0.05) is 5.69 Å². The number of hydrogen-bond donors (Lipinski definition) is 2. The fourth-order valence-electron chi connectivity index (χ4n) is 1.99. The fourth-order valence-corrected chi connectivity index (χ4v) is 1.99. The van der Waals surface area contributed by atoms with Gasteiger partial charge in [-0.25, -0.2) is 4.39 Å². The molecule has 21 heavy (non-hydrogen) atoms. The first-order chi connectivity index (χ1) is 10.0. The molecule has 0 aliphatic rings. The highest BCUT2D eigenvalue weighted by Gasteiger charge is 2.10. The van der Waals surface area contributed by atoms with Crippen molar-refractivity contribution in [2.24, 2.45) is 0 Å². The van der Waals surface area contributed by atoms with Crippen LogP contribution in [0.3, 0.4) is 0 Å². The van der Waals surface area contributed by atoms with Crippen molar-refractivity contribution in [3.63, 3.8) is 0 Å². The lowest BCUT2D eigenvalue weighted by atomic mass is 10.2. The van der Waals surface area contributed by atoms with Crippen molar-refractivity contribution in [2.45, 2.75) is 6.92 Å². The van der Waals surface area contributed by atoms with E-state index in [4.69, 9.17) is 10.5 Å². The van der Waals surface area contributed by atoms with Gasteiger partial charge in [-0.1, -0.05) is 12.1 Å². The van der Waals surface area contributed by atoms with E-state index in [0.717, 1.165) is 0 Å². The van der Waals surface area contributed by atoms with Crippen LogP contribution >= 0.6 is 0 Å². The summed E-state index contributed by atoms with van der Waals surface area (Å²) in [6.45, 7) is 1.63. The Labute approximate surface area is 119 Å². The van der Waals surface area contributed by atoms with Gasteiger partial charge in [0.15, 0.2) is 11.6 Å². The van der Waals surface area contributed by atoms with Crippen LogP contribution in [0.4, 0.5) is 10.1 Å². The first-order valence-corrected chi connectivity index (χ1v) is 6.27. The average molecular weight is 285 g/mol. The topological polar surface area (TPSA) is 81.0 Å². The second-order valence-electron chi connectivity index (χ2n) is 4.64. The largest absolute Gasteiger partial charge is 0.422 e.